The first-order valence-electron chi connectivity index (χ1n) is 8.40. The van der Waals surface area contributed by atoms with Crippen LogP contribution < -0.4 is 5.32 Å². The summed E-state index contributed by atoms with van der Waals surface area (Å²) in [4.78, 5) is 19.1. The summed E-state index contributed by atoms with van der Waals surface area (Å²) >= 11 is 0. The number of hydrogen-bond acceptors (Lipinski definition) is 3. The number of para-hydroxylation sites is 1. The van der Waals surface area contributed by atoms with E-state index in [4.69, 9.17) is 0 Å². The van der Waals surface area contributed by atoms with Crippen molar-refractivity contribution in [1.82, 2.24) is 9.88 Å². The fraction of sp³-hybridized carbons (Fsp3) is 0.200. The number of nitrogens with one attached hydrogen (secondary N) is 1. The van der Waals surface area contributed by atoms with Crippen molar-refractivity contribution in [3.63, 3.8) is 0 Å². The number of urea groups is 1. The molecule has 0 unspecified atom stereocenters. The van der Waals surface area contributed by atoms with E-state index in [2.05, 4.69) is 10.3 Å². The van der Waals surface area contributed by atoms with E-state index in [1.165, 1.54) is 0 Å². The Morgan fingerprint density at radius 2 is 1.96 bits per heavy atom. The van der Waals surface area contributed by atoms with Crippen LogP contribution in [0.15, 0.2) is 60.8 Å². The molecule has 2 amide bonds. The number of aromatic nitrogens is 1. The minimum absolute atomic E-state index is 0.135. The molecular formula is C20H19N3O2. The lowest BCUT2D eigenvalue weighted by molar-refractivity contribution is 0.206. The summed E-state index contributed by atoms with van der Waals surface area (Å²) < 4.78 is 0. The molecule has 5 nitrogen and oxygen atoms in total. The predicted molar refractivity (Wildman–Crippen MR) is 97.4 cm³/mol. The van der Waals surface area contributed by atoms with E-state index in [1.807, 2.05) is 41.3 Å². The molecule has 0 bridgehead atoms. The van der Waals surface area contributed by atoms with Crippen LogP contribution in [-0.4, -0.2) is 27.1 Å². The Bertz CT molecular complexity index is 916. The van der Waals surface area contributed by atoms with Crippen LogP contribution in [-0.2, 0) is 6.54 Å². The Hall–Kier alpha value is -3.08. The van der Waals surface area contributed by atoms with Gasteiger partial charge in [-0.05, 0) is 42.7 Å². The number of phenols is 1. The topological polar surface area (TPSA) is 65.5 Å². The zero-order valence-corrected chi connectivity index (χ0v) is 13.7. The van der Waals surface area contributed by atoms with Gasteiger partial charge in [0.2, 0.25) is 0 Å². The molecular weight excluding hydrogens is 314 g/mol. The Morgan fingerprint density at radius 3 is 2.76 bits per heavy atom. The standard InChI is InChI=1S/C20H19N3O2/c24-17-7-1-4-14(12-17)13-23(16-9-10-16)20(25)22-18-8-2-5-15-6-3-11-21-19(15)18/h1-8,11-12,16,24H,9-10,13H2,(H,22,25). The van der Waals surface area contributed by atoms with Crippen molar-refractivity contribution in [2.75, 3.05) is 5.32 Å². The zero-order chi connectivity index (χ0) is 17.2. The number of anilines is 1. The first-order valence-corrected chi connectivity index (χ1v) is 8.40. The van der Waals surface area contributed by atoms with E-state index >= 15 is 0 Å². The third-order valence-electron chi connectivity index (χ3n) is 4.39. The van der Waals surface area contributed by atoms with Gasteiger partial charge in [-0.15, -0.1) is 0 Å². The summed E-state index contributed by atoms with van der Waals surface area (Å²) in [5.41, 5.74) is 2.41. The van der Waals surface area contributed by atoms with Crippen LogP contribution >= 0.6 is 0 Å². The molecule has 4 rings (SSSR count). The van der Waals surface area contributed by atoms with Crippen molar-refractivity contribution < 1.29 is 9.90 Å². The highest BCUT2D eigenvalue weighted by Crippen LogP contribution is 2.30. The van der Waals surface area contributed by atoms with Crippen LogP contribution in [0, 0.1) is 0 Å². The molecule has 1 saturated carbocycles. The number of benzene rings is 2. The van der Waals surface area contributed by atoms with E-state index in [-0.39, 0.29) is 17.8 Å². The Morgan fingerprint density at radius 1 is 1.16 bits per heavy atom. The first-order chi connectivity index (χ1) is 12.2. The molecule has 2 aromatic carbocycles. The number of aromatic hydroxyl groups is 1. The van der Waals surface area contributed by atoms with Crippen molar-refractivity contribution in [3.8, 4) is 5.75 Å². The van der Waals surface area contributed by atoms with Gasteiger partial charge in [0.05, 0.1) is 11.2 Å². The van der Waals surface area contributed by atoms with Gasteiger partial charge < -0.3 is 15.3 Å². The minimum Gasteiger partial charge on any atom is -0.508 e. The summed E-state index contributed by atoms with van der Waals surface area (Å²) in [5, 5.41) is 13.6. The van der Waals surface area contributed by atoms with Crippen molar-refractivity contribution in [2.45, 2.75) is 25.4 Å². The zero-order valence-electron chi connectivity index (χ0n) is 13.7. The Labute approximate surface area is 145 Å². The van der Waals surface area contributed by atoms with Gasteiger partial charge in [-0.1, -0.05) is 30.3 Å². The van der Waals surface area contributed by atoms with Crippen molar-refractivity contribution >= 4 is 22.6 Å². The summed E-state index contributed by atoms with van der Waals surface area (Å²) in [6, 6.07) is 16.8. The van der Waals surface area contributed by atoms with Gasteiger partial charge in [-0.2, -0.15) is 0 Å². The lowest BCUT2D eigenvalue weighted by atomic mass is 10.2. The Balaban J connectivity index is 1.57. The third-order valence-corrected chi connectivity index (χ3v) is 4.39. The van der Waals surface area contributed by atoms with Gasteiger partial charge in [0.15, 0.2) is 0 Å². The second-order valence-electron chi connectivity index (χ2n) is 6.34. The summed E-state index contributed by atoms with van der Waals surface area (Å²) in [7, 11) is 0. The quantitative estimate of drug-likeness (QED) is 0.754. The largest absolute Gasteiger partial charge is 0.508 e. The molecule has 2 N–H and O–H groups in total. The van der Waals surface area contributed by atoms with E-state index in [0.717, 1.165) is 29.3 Å². The van der Waals surface area contributed by atoms with Crippen LogP contribution in [0.1, 0.15) is 18.4 Å². The number of nitrogens with zero attached hydrogens (tertiary/aromatic N) is 2. The second-order valence-corrected chi connectivity index (χ2v) is 6.34. The van der Waals surface area contributed by atoms with Gasteiger partial charge in [0.1, 0.15) is 5.75 Å². The number of carbonyl (C=O) groups is 1. The summed E-state index contributed by atoms with van der Waals surface area (Å²) in [5.74, 6) is 0.215. The molecule has 0 aliphatic heterocycles. The lowest BCUT2D eigenvalue weighted by Gasteiger charge is -2.23. The van der Waals surface area contributed by atoms with E-state index in [1.54, 1.807) is 24.4 Å². The SMILES string of the molecule is O=C(Nc1cccc2cccnc12)N(Cc1cccc(O)c1)C1CC1. The highest BCUT2D eigenvalue weighted by atomic mass is 16.3. The molecule has 5 heteroatoms. The van der Waals surface area contributed by atoms with Gasteiger partial charge in [-0.3, -0.25) is 4.98 Å². The maximum absolute atomic E-state index is 12.9. The van der Waals surface area contributed by atoms with Crippen LogP contribution in [0.5, 0.6) is 5.75 Å². The van der Waals surface area contributed by atoms with Gasteiger partial charge in [-0.25, -0.2) is 4.79 Å². The second kappa shape index (κ2) is 6.43. The van der Waals surface area contributed by atoms with E-state index in [0.29, 0.717) is 12.2 Å². The monoisotopic (exact) mass is 333 g/mol. The molecule has 1 fully saturated rings. The molecule has 25 heavy (non-hydrogen) atoms. The highest BCUT2D eigenvalue weighted by molar-refractivity contribution is 5.99. The molecule has 0 atom stereocenters. The van der Waals surface area contributed by atoms with Crippen LogP contribution in [0.2, 0.25) is 0 Å². The van der Waals surface area contributed by atoms with E-state index < -0.39 is 0 Å². The van der Waals surface area contributed by atoms with Gasteiger partial charge in [0.25, 0.3) is 0 Å². The molecule has 1 aliphatic rings. The third kappa shape index (κ3) is 3.40. The Kier molecular flexibility index (Phi) is 3.98. The molecule has 0 spiro atoms. The molecule has 1 aromatic heterocycles. The lowest BCUT2D eigenvalue weighted by Crippen LogP contribution is -2.36. The maximum Gasteiger partial charge on any atom is 0.322 e. The first kappa shape index (κ1) is 15.4. The number of pyridine rings is 1. The number of rotatable bonds is 4. The molecule has 0 radical (unpaired) electrons. The molecule has 1 heterocycles. The van der Waals surface area contributed by atoms with Crippen molar-refractivity contribution in [3.05, 3.63) is 66.4 Å². The predicted octanol–water partition coefficient (Wildman–Crippen LogP) is 4.14. The average Bonchev–Trinajstić information content (AvgIpc) is 3.45. The smallest absolute Gasteiger partial charge is 0.322 e. The molecule has 126 valence electrons. The summed E-state index contributed by atoms with van der Waals surface area (Å²) in [6.45, 7) is 0.475. The number of phenolic OH excluding ortho intramolecular Hbond substituents is 1. The summed E-state index contributed by atoms with van der Waals surface area (Å²) in [6.07, 6.45) is 3.75. The van der Waals surface area contributed by atoms with E-state index in [9.17, 15) is 9.90 Å². The van der Waals surface area contributed by atoms with Crippen LogP contribution in [0.4, 0.5) is 10.5 Å². The number of carbonyl (C=O) groups excluding carboxylic acids is 1. The highest BCUT2D eigenvalue weighted by Gasteiger charge is 2.32. The fourth-order valence-electron chi connectivity index (χ4n) is 3.00. The molecule has 3 aromatic rings. The molecule has 0 saturated heterocycles. The van der Waals surface area contributed by atoms with Crippen molar-refractivity contribution in [2.24, 2.45) is 0 Å². The van der Waals surface area contributed by atoms with Crippen molar-refractivity contribution in [1.29, 1.82) is 0 Å². The molecule has 1 aliphatic carbocycles. The number of fused-ring (bicyclic) bond motifs is 1. The van der Waals surface area contributed by atoms with Gasteiger partial charge >= 0.3 is 6.03 Å². The normalized spacial score (nSPS) is 13.6. The average molecular weight is 333 g/mol. The number of amides is 2. The minimum atomic E-state index is -0.135. The maximum atomic E-state index is 12.9. The van der Waals surface area contributed by atoms with Crippen LogP contribution in [0.25, 0.3) is 10.9 Å². The van der Waals surface area contributed by atoms with Crippen LogP contribution in [0.3, 0.4) is 0 Å². The number of hydrogen-bond donors (Lipinski definition) is 2. The fourth-order valence-corrected chi connectivity index (χ4v) is 3.00. The van der Waals surface area contributed by atoms with Gasteiger partial charge in [0, 0.05) is 24.2 Å².